The number of halogens is 1. The molecule has 4 N–H and O–H groups in total. The molecule has 0 atom stereocenters. The molecule has 0 bridgehead atoms. The van der Waals surface area contributed by atoms with Gasteiger partial charge in [-0.1, -0.05) is 0 Å². The third-order valence-corrected chi connectivity index (χ3v) is 2.99. The summed E-state index contributed by atoms with van der Waals surface area (Å²) in [5.74, 6) is -1.19. The van der Waals surface area contributed by atoms with E-state index in [1.54, 1.807) is 6.92 Å². The van der Waals surface area contributed by atoms with E-state index < -0.39 is 11.7 Å². The fourth-order valence-corrected chi connectivity index (χ4v) is 1.86. The van der Waals surface area contributed by atoms with E-state index in [0.717, 1.165) is 6.07 Å². The molecule has 1 aromatic heterocycles. The Morgan fingerprint density at radius 3 is 2.86 bits per heavy atom. The number of nitrogens with one attached hydrogen (secondary N) is 2. The van der Waals surface area contributed by atoms with Crippen molar-refractivity contribution in [1.82, 2.24) is 9.97 Å². The first-order valence-corrected chi connectivity index (χ1v) is 6.24. The van der Waals surface area contributed by atoms with Crippen LogP contribution in [-0.2, 0) is 0 Å². The molecule has 110 valence electrons. The lowest BCUT2D eigenvalue weighted by Gasteiger charge is -2.04. The summed E-state index contributed by atoms with van der Waals surface area (Å²) < 4.78 is 13.1. The normalized spacial score (nSPS) is 11.0. The van der Waals surface area contributed by atoms with Gasteiger partial charge in [-0.05, 0) is 36.8 Å². The molecular weight excluding hydrogens is 285 g/mol. The highest BCUT2D eigenvalue weighted by molar-refractivity contribution is 6.11. The molecule has 1 amide bonds. The highest BCUT2D eigenvalue weighted by atomic mass is 19.1. The summed E-state index contributed by atoms with van der Waals surface area (Å²) in [7, 11) is 0. The van der Waals surface area contributed by atoms with Gasteiger partial charge in [-0.2, -0.15) is 5.26 Å². The number of hydrogen-bond donors (Lipinski definition) is 3. The molecule has 2 aromatic rings. The van der Waals surface area contributed by atoms with Gasteiger partial charge in [0.1, 0.15) is 5.82 Å². The van der Waals surface area contributed by atoms with Crippen molar-refractivity contribution in [2.75, 3.05) is 0 Å². The summed E-state index contributed by atoms with van der Waals surface area (Å²) in [5, 5.41) is 17.0. The Labute approximate surface area is 125 Å². The second-order valence-electron chi connectivity index (χ2n) is 4.55. The van der Waals surface area contributed by atoms with E-state index in [0.29, 0.717) is 16.8 Å². The van der Waals surface area contributed by atoms with Gasteiger partial charge in [-0.3, -0.25) is 4.79 Å². The van der Waals surface area contributed by atoms with Crippen LogP contribution in [0, 0.1) is 22.6 Å². The van der Waals surface area contributed by atoms with E-state index in [1.807, 2.05) is 6.07 Å². The molecule has 0 aliphatic rings. The molecule has 0 aliphatic heterocycles. The minimum atomic E-state index is -0.681. The van der Waals surface area contributed by atoms with Crippen molar-refractivity contribution in [2.24, 2.45) is 5.73 Å². The van der Waals surface area contributed by atoms with E-state index >= 15 is 0 Å². The molecule has 0 saturated carbocycles. The largest absolute Gasteiger partial charge is 0.363 e. The van der Waals surface area contributed by atoms with Crippen LogP contribution in [-0.4, -0.2) is 21.6 Å². The number of rotatable bonds is 4. The topological polar surface area (TPSA) is 119 Å². The van der Waals surface area contributed by atoms with Crippen molar-refractivity contribution in [1.29, 1.82) is 10.7 Å². The lowest BCUT2D eigenvalue weighted by molar-refractivity contribution is 0.0991. The standard InChI is InChI=1S/C15H12FN5O/c1-8(13-7-20-15(21-13)14(19)22)4-12(18)11-3-2-10(16)5-9(11)6-17/h2-5,7,18H,1H3,(H2,19,22)(H,20,21)/b8-4-,18-12?. The maximum atomic E-state index is 13.1. The molecular formula is C15H12FN5O. The Balaban J connectivity index is 2.34. The molecule has 2 rings (SSSR count). The van der Waals surface area contributed by atoms with Crippen molar-refractivity contribution in [2.45, 2.75) is 6.92 Å². The van der Waals surface area contributed by atoms with Crippen LogP contribution < -0.4 is 5.73 Å². The van der Waals surface area contributed by atoms with Gasteiger partial charge in [-0.25, -0.2) is 9.37 Å². The number of primary amides is 1. The van der Waals surface area contributed by atoms with Crippen LogP contribution in [0.4, 0.5) is 4.39 Å². The molecule has 7 heteroatoms. The molecule has 0 fully saturated rings. The van der Waals surface area contributed by atoms with Crippen LogP contribution in [0.1, 0.15) is 34.4 Å². The van der Waals surface area contributed by atoms with Gasteiger partial charge in [0.05, 0.1) is 29.2 Å². The monoisotopic (exact) mass is 297 g/mol. The van der Waals surface area contributed by atoms with E-state index in [2.05, 4.69) is 9.97 Å². The lowest BCUT2D eigenvalue weighted by atomic mass is 10.0. The van der Waals surface area contributed by atoms with Gasteiger partial charge >= 0.3 is 0 Å². The Morgan fingerprint density at radius 2 is 2.27 bits per heavy atom. The van der Waals surface area contributed by atoms with Crippen LogP contribution in [0.15, 0.2) is 30.5 Å². The molecule has 1 heterocycles. The smallest absolute Gasteiger partial charge is 0.284 e. The third-order valence-electron chi connectivity index (χ3n) is 2.99. The van der Waals surface area contributed by atoms with Crippen LogP contribution in [0.5, 0.6) is 0 Å². The zero-order chi connectivity index (χ0) is 16.3. The average Bonchev–Trinajstić information content (AvgIpc) is 2.97. The number of aromatic nitrogens is 2. The predicted octanol–water partition coefficient (Wildman–Crippen LogP) is 1.99. The van der Waals surface area contributed by atoms with Gasteiger partial charge in [-0.15, -0.1) is 0 Å². The minimum Gasteiger partial charge on any atom is -0.363 e. The summed E-state index contributed by atoms with van der Waals surface area (Å²) in [6.07, 6.45) is 2.92. The summed E-state index contributed by atoms with van der Waals surface area (Å²) >= 11 is 0. The fourth-order valence-electron chi connectivity index (χ4n) is 1.86. The van der Waals surface area contributed by atoms with E-state index in [1.165, 1.54) is 24.4 Å². The lowest BCUT2D eigenvalue weighted by Crippen LogP contribution is -2.12. The molecule has 0 saturated heterocycles. The number of allylic oxidation sites excluding steroid dienone is 2. The highest BCUT2D eigenvalue weighted by Crippen LogP contribution is 2.16. The minimum absolute atomic E-state index is 0.0220. The van der Waals surface area contributed by atoms with Crippen molar-refractivity contribution in [3.05, 3.63) is 58.9 Å². The highest BCUT2D eigenvalue weighted by Gasteiger charge is 2.10. The number of amides is 1. The first-order valence-electron chi connectivity index (χ1n) is 6.24. The van der Waals surface area contributed by atoms with Crippen molar-refractivity contribution < 1.29 is 9.18 Å². The van der Waals surface area contributed by atoms with Crippen molar-refractivity contribution in [3.63, 3.8) is 0 Å². The Morgan fingerprint density at radius 1 is 1.55 bits per heavy atom. The van der Waals surface area contributed by atoms with Crippen molar-refractivity contribution in [3.8, 4) is 6.07 Å². The van der Waals surface area contributed by atoms with Crippen molar-refractivity contribution >= 4 is 17.2 Å². The van der Waals surface area contributed by atoms with E-state index in [9.17, 15) is 9.18 Å². The number of carbonyl (C=O) groups is 1. The van der Waals surface area contributed by atoms with Crippen LogP contribution in [0.2, 0.25) is 0 Å². The quantitative estimate of drug-likeness (QED) is 0.748. The van der Waals surface area contributed by atoms with Gasteiger partial charge in [0.25, 0.3) is 5.91 Å². The molecule has 0 unspecified atom stereocenters. The zero-order valence-electron chi connectivity index (χ0n) is 11.6. The second kappa shape index (κ2) is 6.01. The number of hydrogen-bond acceptors (Lipinski definition) is 4. The van der Waals surface area contributed by atoms with Gasteiger partial charge < -0.3 is 16.1 Å². The number of benzene rings is 1. The summed E-state index contributed by atoms with van der Waals surface area (Å²) in [6.45, 7) is 1.71. The summed E-state index contributed by atoms with van der Waals surface area (Å²) in [4.78, 5) is 17.5. The van der Waals surface area contributed by atoms with Crippen LogP contribution >= 0.6 is 0 Å². The number of imidazole rings is 1. The predicted molar refractivity (Wildman–Crippen MR) is 78.7 cm³/mol. The number of nitriles is 1. The first-order chi connectivity index (χ1) is 10.4. The summed E-state index contributed by atoms with van der Waals surface area (Å²) in [5.41, 5.74) is 6.70. The van der Waals surface area contributed by atoms with Crippen LogP contribution in [0.25, 0.3) is 5.57 Å². The molecule has 22 heavy (non-hydrogen) atoms. The zero-order valence-corrected chi connectivity index (χ0v) is 11.6. The first kappa shape index (κ1) is 15.1. The maximum absolute atomic E-state index is 13.1. The molecule has 1 aromatic carbocycles. The second-order valence-corrected chi connectivity index (χ2v) is 4.55. The van der Waals surface area contributed by atoms with E-state index in [4.69, 9.17) is 16.4 Å². The number of nitrogens with two attached hydrogens (primary N) is 1. The number of nitrogens with zero attached hydrogens (tertiary/aromatic N) is 2. The Hall–Kier alpha value is -3.27. The number of aromatic amines is 1. The van der Waals surface area contributed by atoms with Gasteiger partial charge in [0.2, 0.25) is 0 Å². The molecule has 0 spiro atoms. The Kier molecular flexibility index (Phi) is 4.13. The Bertz CT molecular complexity index is 829. The number of H-pyrrole nitrogens is 1. The van der Waals surface area contributed by atoms with Gasteiger partial charge in [0, 0.05) is 5.56 Å². The average molecular weight is 297 g/mol. The molecule has 0 radical (unpaired) electrons. The van der Waals surface area contributed by atoms with Gasteiger partial charge in [0.15, 0.2) is 5.82 Å². The maximum Gasteiger partial charge on any atom is 0.284 e. The van der Waals surface area contributed by atoms with E-state index in [-0.39, 0.29) is 17.1 Å². The SMILES string of the molecule is C/C(=C/C(=N)c1ccc(F)cc1C#N)c1cnc(C(N)=O)[nH]1. The van der Waals surface area contributed by atoms with Crippen LogP contribution in [0.3, 0.4) is 0 Å². The molecule has 6 nitrogen and oxygen atoms in total. The third kappa shape index (κ3) is 3.07. The number of carbonyl (C=O) groups excluding carboxylic acids is 1. The molecule has 0 aliphatic carbocycles. The fraction of sp³-hybridized carbons (Fsp3) is 0.0667. The summed E-state index contributed by atoms with van der Waals surface area (Å²) in [6, 6.07) is 5.50.